The van der Waals surface area contributed by atoms with Crippen molar-refractivity contribution in [3.05, 3.63) is 0 Å². The molecular weight excluding hydrogens is 877 g/mol. The van der Waals surface area contributed by atoms with Crippen molar-refractivity contribution in [2.24, 2.45) is 11.8 Å². The van der Waals surface area contributed by atoms with Gasteiger partial charge in [-0.2, -0.15) is 0 Å². The number of hydrogen-bond acceptors (Lipinski definition) is 6. The van der Waals surface area contributed by atoms with Crippen LogP contribution in [0.1, 0.15) is 369 Å². The fourth-order valence-electron chi connectivity index (χ4n) is 10.0. The van der Waals surface area contributed by atoms with Gasteiger partial charge < -0.3 is 14.2 Å². The van der Waals surface area contributed by atoms with Crippen LogP contribution in [-0.4, -0.2) is 37.2 Å². The first kappa shape index (κ1) is 69.4. The number of carbonyl (C=O) groups excluding carboxylic acids is 3. The standard InChI is InChI=1S/C65H126O6/c1-6-9-10-11-12-13-14-15-16-17-18-22-25-28-31-34-40-45-50-55-63(66)69-58-62(59-70-64(67)56-51-46-41-37-36-39-44-49-54-61(5)8-3)71-65(68)57-52-47-42-35-32-29-26-23-20-19-21-24-27-30-33-38-43-48-53-60(4)7-2/h60-62H,6-59H2,1-5H3/t60?,61?,62-/m0/s1. The molecule has 0 N–H and O–H groups in total. The van der Waals surface area contributed by atoms with Crippen LogP contribution in [-0.2, 0) is 28.6 Å². The zero-order valence-electron chi connectivity index (χ0n) is 48.9. The van der Waals surface area contributed by atoms with E-state index in [1.54, 1.807) is 0 Å². The van der Waals surface area contributed by atoms with Crippen molar-refractivity contribution in [2.75, 3.05) is 13.2 Å². The second-order valence-corrected chi connectivity index (χ2v) is 22.9. The van der Waals surface area contributed by atoms with Gasteiger partial charge in [-0.15, -0.1) is 0 Å². The van der Waals surface area contributed by atoms with Gasteiger partial charge in [-0.05, 0) is 31.1 Å². The Balaban J connectivity index is 4.24. The molecule has 6 heteroatoms. The maximum absolute atomic E-state index is 12.9. The normalized spacial score (nSPS) is 12.8. The van der Waals surface area contributed by atoms with E-state index in [9.17, 15) is 14.4 Å². The molecule has 3 atom stereocenters. The van der Waals surface area contributed by atoms with E-state index in [-0.39, 0.29) is 31.1 Å². The number of carbonyl (C=O) groups is 3. The maximum atomic E-state index is 12.9. The molecule has 0 aliphatic carbocycles. The van der Waals surface area contributed by atoms with Crippen LogP contribution < -0.4 is 0 Å². The first-order valence-electron chi connectivity index (χ1n) is 32.3. The van der Waals surface area contributed by atoms with Gasteiger partial charge >= 0.3 is 17.9 Å². The van der Waals surface area contributed by atoms with E-state index in [1.165, 1.54) is 257 Å². The fourth-order valence-corrected chi connectivity index (χ4v) is 10.0. The molecular formula is C65H126O6. The Labute approximate surface area is 444 Å². The Morgan fingerprint density at radius 3 is 0.732 bits per heavy atom. The third-order valence-electron chi connectivity index (χ3n) is 15.7. The number of rotatable bonds is 59. The smallest absolute Gasteiger partial charge is 0.306 e. The highest BCUT2D eigenvalue weighted by Gasteiger charge is 2.19. The van der Waals surface area contributed by atoms with Crippen molar-refractivity contribution in [1.82, 2.24) is 0 Å². The molecule has 0 saturated heterocycles. The molecule has 0 aliphatic rings. The first-order valence-corrected chi connectivity index (χ1v) is 32.3. The summed E-state index contributed by atoms with van der Waals surface area (Å²) < 4.78 is 16.9. The Morgan fingerprint density at radius 1 is 0.282 bits per heavy atom. The number of esters is 3. The van der Waals surface area contributed by atoms with Crippen LogP contribution in [0.2, 0.25) is 0 Å². The molecule has 0 aromatic carbocycles. The zero-order chi connectivity index (χ0) is 51.8. The van der Waals surface area contributed by atoms with Gasteiger partial charge in [-0.3, -0.25) is 14.4 Å². The van der Waals surface area contributed by atoms with Crippen molar-refractivity contribution in [2.45, 2.75) is 375 Å². The lowest BCUT2D eigenvalue weighted by molar-refractivity contribution is -0.167. The molecule has 0 heterocycles. The van der Waals surface area contributed by atoms with Gasteiger partial charge in [0.25, 0.3) is 0 Å². The topological polar surface area (TPSA) is 78.9 Å². The van der Waals surface area contributed by atoms with Crippen LogP contribution in [0.3, 0.4) is 0 Å². The van der Waals surface area contributed by atoms with Crippen LogP contribution in [0.15, 0.2) is 0 Å². The summed E-state index contributed by atoms with van der Waals surface area (Å²) in [6.07, 6.45) is 63.9. The Kier molecular flexibility index (Phi) is 56.4. The molecule has 6 nitrogen and oxygen atoms in total. The lowest BCUT2D eigenvalue weighted by atomic mass is 9.99. The SMILES string of the molecule is CCCCCCCCCCCCCCCCCCCCCC(=O)OC[C@@H](COC(=O)CCCCCCCCCCC(C)CC)OC(=O)CCCCCCCCCCCCCCCCCCCCC(C)CC. The summed E-state index contributed by atoms with van der Waals surface area (Å²) in [6, 6.07) is 0. The molecule has 0 aromatic rings. The van der Waals surface area contributed by atoms with Crippen LogP contribution in [0.25, 0.3) is 0 Å². The first-order chi connectivity index (χ1) is 34.8. The summed E-state index contributed by atoms with van der Waals surface area (Å²) in [7, 11) is 0. The summed E-state index contributed by atoms with van der Waals surface area (Å²) >= 11 is 0. The van der Waals surface area contributed by atoms with Crippen molar-refractivity contribution in [3.63, 3.8) is 0 Å². The van der Waals surface area contributed by atoms with Gasteiger partial charge in [0.1, 0.15) is 13.2 Å². The molecule has 0 aliphatic heterocycles. The van der Waals surface area contributed by atoms with E-state index in [4.69, 9.17) is 14.2 Å². The van der Waals surface area contributed by atoms with Crippen LogP contribution in [0.5, 0.6) is 0 Å². The van der Waals surface area contributed by atoms with Gasteiger partial charge in [-0.1, -0.05) is 330 Å². The average Bonchev–Trinajstić information content (AvgIpc) is 3.37. The Hall–Kier alpha value is -1.59. The summed E-state index contributed by atoms with van der Waals surface area (Å²) in [6.45, 7) is 11.5. The molecule has 0 radical (unpaired) electrons. The molecule has 71 heavy (non-hydrogen) atoms. The molecule has 0 aromatic heterocycles. The lowest BCUT2D eigenvalue weighted by Crippen LogP contribution is -2.30. The van der Waals surface area contributed by atoms with Crippen LogP contribution >= 0.6 is 0 Å². The highest BCUT2D eigenvalue weighted by Crippen LogP contribution is 2.20. The zero-order valence-corrected chi connectivity index (χ0v) is 48.9. The molecule has 0 amide bonds. The quantitative estimate of drug-likeness (QED) is 0.0343. The summed E-state index contributed by atoms with van der Waals surface area (Å²) in [5.41, 5.74) is 0. The van der Waals surface area contributed by atoms with Crippen molar-refractivity contribution in [3.8, 4) is 0 Å². The van der Waals surface area contributed by atoms with E-state index < -0.39 is 6.10 Å². The lowest BCUT2D eigenvalue weighted by Gasteiger charge is -2.18. The average molecular weight is 1000 g/mol. The largest absolute Gasteiger partial charge is 0.462 e. The third-order valence-corrected chi connectivity index (χ3v) is 15.7. The predicted molar refractivity (Wildman–Crippen MR) is 307 cm³/mol. The summed E-state index contributed by atoms with van der Waals surface area (Å²) in [5.74, 6) is 0.923. The molecule has 0 fully saturated rings. The molecule has 422 valence electrons. The Morgan fingerprint density at radius 2 is 0.493 bits per heavy atom. The van der Waals surface area contributed by atoms with Gasteiger partial charge in [0, 0.05) is 19.3 Å². The van der Waals surface area contributed by atoms with Crippen molar-refractivity contribution >= 4 is 17.9 Å². The number of unbranched alkanes of at least 4 members (excludes halogenated alkanes) is 42. The molecule has 0 rings (SSSR count). The van der Waals surface area contributed by atoms with Crippen molar-refractivity contribution < 1.29 is 28.6 Å². The van der Waals surface area contributed by atoms with Crippen LogP contribution in [0.4, 0.5) is 0 Å². The van der Waals surface area contributed by atoms with Gasteiger partial charge in [0.05, 0.1) is 0 Å². The summed E-state index contributed by atoms with van der Waals surface area (Å²) in [4.78, 5) is 38.3. The van der Waals surface area contributed by atoms with E-state index in [0.717, 1.165) is 69.6 Å². The summed E-state index contributed by atoms with van der Waals surface area (Å²) in [5, 5.41) is 0. The van der Waals surface area contributed by atoms with Gasteiger partial charge in [-0.25, -0.2) is 0 Å². The molecule has 0 saturated carbocycles. The highest BCUT2D eigenvalue weighted by molar-refractivity contribution is 5.71. The van der Waals surface area contributed by atoms with E-state index >= 15 is 0 Å². The minimum Gasteiger partial charge on any atom is -0.462 e. The van der Waals surface area contributed by atoms with Gasteiger partial charge in [0.2, 0.25) is 0 Å². The number of ether oxygens (including phenoxy) is 3. The number of hydrogen-bond donors (Lipinski definition) is 0. The minimum atomic E-state index is -0.764. The second kappa shape index (κ2) is 57.7. The van der Waals surface area contributed by atoms with E-state index in [1.807, 2.05) is 0 Å². The predicted octanol–water partition coefficient (Wildman–Crippen LogP) is 21.6. The molecule has 2 unspecified atom stereocenters. The second-order valence-electron chi connectivity index (χ2n) is 22.9. The minimum absolute atomic E-state index is 0.0623. The molecule has 0 spiro atoms. The maximum Gasteiger partial charge on any atom is 0.306 e. The third kappa shape index (κ3) is 56.0. The Bertz CT molecular complexity index is 1090. The van der Waals surface area contributed by atoms with E-state index in [2.05, 4.69) is 34.6 Å². The monoisotopic (exact) mass is 1000 g/mol. The van der Waals surface area contributed by atoms with Gasteiger partial charge in [0.15, 0.2) is 6.10 Å². The van der Waals surface area contributed by atoms with Crippen LogP contribution in [0, 0.1) is 11.8 Å². The van der Waals surface area contributed by atoms with Crippen molar-refractivity contribution in [1.29, 1.82) is 0 Å². The fraction of sp³-hybridized carbons (Fsp3) is 0.954. The highest BCUT2D eigenvalue weighted by atomic mass is 16.6. The molecule has 0 bridgehead atoms. The van der Waals surface area contributed by atoms with E-state index in [0.29, 0.717) is 19.3 Å².